The molecule has 6 nitrogen and oxygen atoms in total. The van der Waals surface area contributed by atoms with Crippen LogP contribution in [0.25, 0.3) is 5.69 Å². The Balaban J connectivity index is 2.08. The quantitative estimate of drug-likeness (QED) is 0.865. The van der Waals surface area contributed by atoms with Crippen LogP contribution < -0.4 is 10.7 Å². The summed E-state index contributed by atoms with van der Waals surface area (Å²) in [6.07, 6.45) is -3.00. The summed E-state index contributed by atoms with van der Waals surface area (Å²) < 4.78 is 41.2. The first kappa shape index (κ1) is 20.1. The van der Waals surface area contributed by atoms with E-state index in [9.17, 15) is 22.8 Å². The number of nitrogens with zero attached hydrogens (tertiary/aromatic N) is 3. The lowest BCUT2D eigenvalue weighted by atomic mass is 10.1. The summed E-state index contributed by atoms with van der Waals surface area (Å²) in [5.74, 6) is -0.555. The van der Waals surface area contributed by atoms with Crippen molar-refractivity contribution in [3.05, 3.63) is 57.5 Å². The summed E-state index contributed by atoms with van der Waals surface area (Å²) in [7, 11) is 1.77. The minimum absolute atomic E-state index is 0.0732. The summed E-state index contributed by atoms with van der Waals surface area (Å²) in [6, 6.07) is 6.02. The van der Waals surface area contributed by atoms with E-state index in [0.717, 1.165) is 29.7 Å². The topological polar surface area (TPSA) is 67.2 Å². The third kappa shape index (κ3) is 3.80. The van der Waals surface area contributed by atoms with Gasteiger partial charge in [-0.1, -0.05) is 12.1 Å². The molecule has 28 heavy (non-hydrogen) atoms. The zero-order chi connectivity index (χ0) is 20.5. The van der Waals surface area contributed by atoms with Gasteiger partial charge in [0, 0.05) is 30.9 Å². The third-order valence-electron chi connectivity index (χ3n) is 4.83. The van der Waals surface area contributed by atoms with Gasteiger partial charge in [-0.05, 0) is 38.9 Å². The highest BCUT2D eigenvalue weighted by molar-refractivity contribution is 5.92. The van der Waals surface area contributed by atoms with E-state index in [-0.39, 0.29) is 23.1 Å². The van der Waals surface area contributed by atoms with Gasteiger partial charge in [0.1, 0.15) is 0 Å². The summed E-state index contributed by atoms with van der Waals surface area (Å²) in [6.45, 7) is 2.54. The number of alkyl halides is 3. The van der Waals surface area contributed by atoms with Crippen LogP contribution in [0.2, 0.25) is 0 Å². The number of rotatable bonds is 4. The maximum Gasteiger partial charge on any atom is 0.418 e. The van der Waals surface area contributed by atoms with Crippen molar-refractivity contribution in [2.45, 2.75) is 32.0 Å². The van der Waals surface area contributed by atoms with Gasteiger partial charge in [-0.3, -0.25) is 9.59 Å². The largest absolute Gasteiger partial charge is 0.418 e. The molecule has 1 unspecified atom stereocenters. The first-order chi connectivity index (χ1) is 13.2. The van der Waals surface area contributed by atoms with Crippen molar-refractivity contribution in [3.8, 4) is 5.69 Å². The average Bonchev–Trinajstić information content (AvgIpc) is 3.09. The predicted octanol–water partition coefficient (Wildman–Crippen LogP) is 2.38. The molecule has 2 aromatic rings. The Hall–Kier alpha value is -2.68. The standard InChI is InChI=1S/C19H21F3N4O2/c1-12-10-16(27)17(18(28)25-9-5-6-13(25)11-23-2)24-26(12)15-8-4-3-7-14(15)19(20,21)22/h3-4,7-8,10,13,23H,5-6,9,11H2,1-2H3. The molecule has 1 amide bonds. The Bertz CT molecular complexity index is 940. The number of likely N-dealkylation sites (tertiary alicyclic amines) is 1. The predicted molar refractivity (Wildman–Crippen MR) is 97.6 cm³/mol. The molecule has 1 aliphatic heterocycles. The number of hydrogen-bond acceptors (Lipinski definition) is 4. The van der Waals surface area contributed by atoms with E-state index in [2.05, 4.69) is 10.4 Å². The maximum atomic E-state index is 13.4. The Morgan fingerprint density at radius 1 is 1.32 bits per heavy atom. The number of halogens is 3. The van der Waals surface area contributed by atoms with Gasteiger partial charge in [-0.25, -0.2) is 4.68 Å². The number of benzene rings is 1. The number of carbonyl (C=O) groups excluding carboxylic acids is 1. The molecule has 1 atom stereocenters. The van der Waals surface area contributed by atoms with E-state index in [1.165, 1.54) is 25.1 Å². The van der Waals surface area contributed by atoms with Gasteiger partial charge in [0.15, 0.2) is 5.69 Å². The van der Waals surface area contributed by atoms with Gasteiger partial charge in [-0.15, -0.1) is 0 Å². The minimum atomic E-state index is -4.59. The Labute approximate surface area is 160 Å². The lowest BCUT2D eigenvalue weighted by Crippen LogP contribution is -2.43. The van der Waals surface area contributed by atoms with Crippen molar-refractivity contribution >= 4 is 5.91 Å². The van der Waals surface area contributed by atoms with Crippen LogP contribution >= 0.6 is 0 Å². The SMILES string of the molecule is CNCC1CCCN1C(=O)c1nn(-c2ccccc2C(F)(F)F)c(C)cc1=O. The maximum absolute atomic E-state index is 13.4. The van der Waals surface area contributed by atoms with Gasteiger partial charge >= 0.3 is 6.18 Å². The van der Waals surface area contributed by atoms with Crippen molar-refractivity contribution < 1.29 is 18.0 Å². The number of aromatic nitrogens is 2. The van der Waals surface area contributed by atoms with Gasteiger partial charge < -0.3 is 10.2 Å². The fourth-order valence-electron chi connectivity index (χ4n) is 3.52. The Morgan fingerprint density at radius 3 is 2.71 bits per heavy atom. The lowest BCUT2D eigenvalue weighted by molar-refractivity contribution is -0.137. The molecule has 0 aliphatic carbocycles. The third-order valence-corrected chi connectivity index (χ3v) is 4.83. The van der Waals surface area contributed by atoms with Crippen LogP contribution in [0, 0.1) is 6.92 Å². The van der Waals surface area contributed by atoms with Gasteiger partial charge in [0.05, 0.1) is 11.3 Å². The van der Waals surface area contributed by atoms with Gasteiger partial charge in [0.25, 0.3) is 5.91 Å². The zero-order valence-corrected chi connectivity index (χ0v) is 15.6. The van der Waals surface area contributed by atoms with Crippen LogP contribution in [0.4, 0.5) is 13.2 Å². The van der Waals surface area contributed by atoms with E-state index >= 15 is 0 Å². The first-order valence-electron chi connectivity index (χ1n) is 8.97. The van der Waals surface area contributed by atoms with Crippen molar-refractivity contribution in [1.29, 1.82) is 0 Å². The monoisotopic (exact) mass is 394 g/mol. The molecule has 0 saturated carbocycles. The lowest BCUT2D eigenvalue weighted by Gasteiger charge is -2.24. The highest BCUT2D eigenvalue weighted by atomic mass is 19.4. The van der Waals surface area contributed by atoms with E-state index in [4.69, 9.17) is 0 Å². The summed E-state index contributed by atoms with van der Waals surface area (Å²) >= 11 is 0. The second kappa shape index (κ2) is 7.75. The molecule has 1 fully saturated rings. The normalized spacial score (nSPS) is 17.2. The van der Waals surface area contributed by atoms with Crippen LogP contribution in [0.5, 0.6) is 0 Å². The molecule has 3 rings (SSSR count). The fraction of sp³-hybridized carbons (Fsp3) is 0.421. The van der Waals surface area contributed by atoms with E-state index in [0.29, 0.717) is 13.1 Å². The number of aryl methyl sites for hydroxylation is 1. The molecule has 150 valence electrons. The molecule has 1 aliphatic rings. The summed E-state index contributed by atoms with van der Waals surface area (Å²) in [4.78, 5) is 26.9. The Kier molecular flexibility index (Phi) is 5.55. The Morgan fingerprint density at radius 2 is 2.04 bits per heavy atom. The second-order valence-electron chi connectivity index (χ2n) is 6.78. The molecule has 1 saturated heterocycles. The molecule has 1 aromatic carbocycles. The van der Waals surface area contributed by atoms with Gasteiger partial charge in [-0.2, -0.15) is 18.3 Å². The molecule has 1 N–H and O–H groups in total. The van der Waals surface area contributed by atoms with Crippen molar-refractivity contribution in [3.63, 3.8) is 0 Å². The number of carbonyl (C=O) groups is 1. The molecular weight excluding hydrogens is 373 g/mol. The highest BCUT2D eigenvalue weighted by Crippen LogP contribution is 2.33. The van der Waals surface area contributed by atoms with Crippen molar-refractivity contribution in [2.75, 3.05) is 20.1 Å². The van der Waals surface area contributed by atoms with E-state index in [1.807, 2.05) is 0 Å². The highest BCUT2D eigenvalue weighted by Gasteiger charge is 2.35. The summed E-state index contributed by atoms with van der Waals surface area (Å²) in [5, 5.41) is 7.06. The van der Waals surface area contributed by atoms with Crippen molar-refractivity contribution in [1.82, 2.24) is 20.0 Å². The molecule has 0 bridgehead atoms. The molecule has 0 spiro atoms. The number of nitrogens with one attached hydrogen (secondary N) is 1. The average molecular weight is 394 g/mol. The smallest absolute Gasteiger partial charge is 0.333 e. The number of hydrogen-bond donors (Lipinski definition) is 1. The van der Waals surface area contributed by atoms with Crippen LogP contribution in [0.1, 0.15) is 34.6 Å². The molecular formula is C19H21F3N4O2. The van der Waals surface area contributed by atoms with Crippen molar-refractivity contribution in [2.24, 2.45) is 0 Å². The van der Waals surface area contributed by atoms with Crippen LogP contribution in [-0.4, -0.2) is 46.8 Å². The summed E-state index contributed by atoms with van der Waals surface area (Å²) in [5.41, 5.74) is -1.87. The second-order valence-corrected chi connectivity index (χ2v) is 6.78. The zero-order valence-electron chi connectivity index (χ0n) is 15.6. The number of para-hydroxylation sites is 1. The van der Waals surface area contributed by atoms with Crippen LogP contribution in [0.15, 0.2) is 35.1 Å². The number of likely N-dealkylation sites (N-methyl/N-ethyl adjacent to an activating group) is 1. The molecule has 9 heteroatoms. The molecule has 2 heterocycles. The van der Waals surface area contributed by atoms with E-state index in [1.54, 1.807) is 11.9 Å². The van der Waals surface area contributed by atoms with E-state index < -0.39 is 23.1 Å². The van der Waals surface area contributed by atoms with Crippen LogP contribution in [0.3, 0.4) is 0 Å². The first-order valence-corrected chi connectivity index (χ1v) is 8.97. The molecule has 1 aromatic heterocycles. The fourth-order valence-corrected chi connectivity index (χ4v) is 3.52. The number of amides is 1. The minimum Gasteiger partial charge on any atom is -0.333 e. The van der Waals surface area contributed by atoms with Gasteiger partial charge in [0.2, 0.25) is 5.43 Å². The molecule has 0 radical (unpaired) electrons. The van der Waals surface area contributed by atoms with Crippen LogP contribution in [-0.2, 0) is 6.18 Å².